The van der Waals surface area contributed by atoms with Crippen molar-refractivity contribution in [2.75, 3.05) is 0 Å². The van der Waals surface area contributed by atoms with Gasteiger partial charge in [0.2, 0.25) is 0 Å². The lowest BCUT2D eigenvalue weighted by Gasteiger charge is -2.32. The Kier molecular flexibility index (Phi) is 5.14. The molecule has 0 spiro atoms. The highest BCUT2D eigenvalue weighted by molar-refractivity contribution is 5.90. The molecule has 0 saturated carbocycles. The summed E-state index contributed by atoms with van der Waals surface area (Å²) in [4.78, 5) is 24.6. The number of rotatable bonds is 4. The van der Waals surface area contributed by atoms with Crippen molar-refractivity contribution in [2.24, 2.45) is 0 Å². The minimum Gasteiger partial charge on any atom is -0.494 e. The Bertz CT molecular complexity index is 754. The maximum atomic E-state index is 12.3. The first-order chi connectivity index (χ1) is 12.1. The molecule has 5 nitrogen and oxygen atoms in total. The number of benzene rings is 2. The zero-order valence-corrected chi connectivity index (χ0v) is 13.7. The molecule has 2 aromatic rings. The minimum absolute atomic E-state index is 0.428. The molecule has 0 amide bonds. The van der Waals surface area contributed by atoms with Crippen LogP contribution in [0.3, 0.4) is 0 Å². The van der Waals surface area contributed by atoms with E-state index in [4.69, 9.17) is 14.2 Å². The molecule has 1 heterocycles. The van der Waals surface area contributed by atoms with Crippen LogP contribution in [-0.4, -0.2) is 30.3 Å². The highest BCUT2D eigenvalue weighted by Crippen LogP contribution is 2.21. The van der Waals surface area contributed by atoms with Crippen LogP contribution in [0.5, 0.6) is 0 Å². The molecule has 0 aromatic heterocycles. The topological polar surface area (TPSA) is 61.8 Å². The molecule has 0 N–H and O–H groups in total. The monoisotopic (exact) mass is 338 g/mol. The van der Waals surface area contributed by atoms with Crippen LogP contribution in [0.2, 0.25) is 0 Å². The second kappa shape index (κ2) is 7.66. The van der Waals surface area contributed by atoms with Crippen molar-refractivity contribution in [3.05, 3.63) is 84.1 Å². The summed E-state index contributed by atoms with van der Waals surface area (Å²) in [7, 11) is 0. The van der Waals surface area contributed by atoms with Crippen LogP contribution in [0.1, 0.15) is 27.6 Å². The molecule has 3 atom stereocenters. The van der Waals surface area contributed by atoms with Gasteiger partial charge in [-0.25, -0.2) is 9.59 Å². The van der Waals surface area contributed by atoms with Gasteiger partial charge in [0.05, 0.1) is 17.4 Å². The van der Waals surface area contributed by atoms with Gasteiger partial charge >= 0.3 is 11.9 Å². The first kappa shape index (κ1) is 16.8. The molecule has 2 aromatic carbocycles. The standard InChI is InChI=1S/C20H18O5/c1-14-18(25-20(22)16-10-6-3-7-11-16)17(12-13-23-14)24-19(21)15-8-4-2-5-9-15/h2-14,17-18H,1H3/t14-,17-,18-/m1/s1. The summed E-state index contributed by atoms with van der Waals surface area (Å²) >= 11 is 0. The van der Waals surface area contributed by atoms with E-state index in [9.17, 15) is 9.59 Å². The third-order valence-corrected chi connectivity index (χ3v) is 3.85. The molecule has 1 aliphatic heterocycles. The molecule has 3 rings (SSSR count). The molecule has 0 unspecified atom stereocenters. The average molecular weight is 338 g/mol. The molecule has 0 aliphatic carbocycles. The van der Waals surface area contributed by atoms with Gasteiger partial charge in [-0.1, -0.05) is 36.4 Å². The van der Waals surface area contributed by atoms with E-state index in [0.717, 1.165) is 0 Å². The fourth-order valence-electron chi connectivity index (χ4n) is 2.50. The predicted octanol–water partition coefficient (Wildman–Crippen LogP) is 3.37. The summed E-state index contributed by atoms with van der Waals surface area (Å²) in [5, 5.41) is 0. The Balaban J connectivity index is 1.73. The Morgan fingerprint density at radius 1 is 0.840 bits per heavy atom. The van der Waals surface area contributed by atoms with Gasteiger partial charge in [-0.15, -0.1) is 0 Å². The molecular formula is C20H18O5. The van der Waals surface area contributed by atoms with Gasteiger partial charge in [-0.3, -0.25) is 0 Å². The lowest BCUT2D eigenvalue weighted by atomic mass is 10.1. The van der Waals surface area contributed by atoms with E-state index in [1.807, 2.05) is 12.1 Å². The molecule has 0 saturated heterocycles. The van der Waals surface area contributed by atoms with Crippen molar-refractivity contribution < 1.29 is 23.8 Å². The maximum Gasteiger partial charge on any atom is 0.338 e. The van der Waals surface area contributed by atoms with Gasteiger partial charge in [0.25, 0.3) is 0 Å². The van der Waals surface area contributed by atoms with E-state index < -0.39 is 30.3 Å². The summed E-state index contributed by atoms with van der Waals surface area (Å²) in [6.45, 7) is 1.76. The molecule has 128 valence electrons. The Hall–Kier alpha value is -3.08. The van der Waals surface area contributed by atoms with Gasteiger partial charge in [0.15, 0.2) is 12.2 Å². The molecule has 0 fully saturated rings. The quantitative estimate of drug-likeness (QED) is 0.800. The number of ether oxygens (including phenoxy) is 3. The van der Waals surface area contributed by atoms with Crippen molar-refractivity contribution in [1.29, 1.82) is 0 Å². The highest BCUT2D eigenvalue weighted by atomic mass is 16.6. The number of carbonyl (C=O) groups is 2. The largest absolute Gasteiger partial charge is 0.494 e. The zero-order valence-electron chi connectivity index (χ0n) is 13.7. The molecule has 0 bridgehead atoms. The minimum atomic E-state index is -0.731. The van der Waals surface area contributed by atoms with E-state index in [2.05, 4.69) is 0 Å². The van der Waals surface area contributed by atoms with E-state index in [1.165, 1.54) is 6.26 Å². The van der Waals surface area contributed by atoms with Gasteiger partial charge in [0.1, 0.15) is 6.10 Å². The summed E-state index contributed by atoms with van der Waals surface area (Å²) < 4.78 is 16.5. The van der Waals surface area contributed by atoms with Crippen molar-refractivity contribution in [3.63, 3.8) is 0 Å². The zero-order chi connectivity index (χ0) is 17.6. The lowest BCUT2D eigenvalue weighted by molar-refractivity contribution is -0.0772. The Morgan fingerprint density at radius 2 is 1.36 bits per heavy atom. The molecular weight excluding hydrogens is 320 g/mol. The number of hydrogen-bond acceptors (Lipinski definition) is 5. The number of esters is 2. The Labute approximate surface area is 145 Å². The molecule has 0 radical (unpaired) electrons. The lowest BCUT2D eigenvalue weighted by Crippen LogP contribution is -2.44. The third kappa shape index (κ3) is 4.07. The SMILES string of the molecule is C[C@H]1OC=C[C@@H](OC(=O)c2ccccc2)[C@@H]1OC(=O)c1ccccc1. The fraction of sp³-hybridized carbons (Fsp3) is 0.200. The van der Waals surface area contributed by atoms with Crippen LogP contribution in [0.15, 0.2) is 73.0 Å². The van der Waals surface area contributed by atoms with Crippen LogP contribution < -0.4 is 0 Å². The fourth-order valence-corrected chi connectivity index (χ4v) is 2.50. The highest BCUT2D eigenvalue weighted by Gasteiger charge is 2.35. The van der Waals surface area contributed by atoms with E-state index in [0.29, 0.717) is 11.1 Å². The third-order valence-electron chi connectivity index (χ3n) is 3.85. The van der Waals surface area contributed by atoms with Gasteiger partial charge < -0.3 is 14.2 Å². The van der Waals surface area contributed by atoms with E-state index in [-0.39, 0.29) is 0 Å². The van der Waals surface area contributed by atoms with Crippen LogP contribution >= 0.6 is 0 Å². The van der Waals surface area contributed by atoms with Crippen LogP contribution in [-0.2, 0) is 14.2 Å². The summed E-state index contributed by atoms with van der Waals surface area (Å²) in [6.07, 6.45) is 1.14. The van der Waals surface area contributed by atoms with Crippen molar-refractivity contribution in [3.8, 4) is 0 Å². The average Bonchev–Trinajstić information content (AvgIpc) is 2.66. The van der Waals surface area contributed by atoms with Crippen molar-refractivity contribution in [2.45, 2.75) is 25.2 Å². The summed E-state index contributed by atoms with van der Waals surface area (Å²) in [5.41, 5.74) is 0.862. The number of hydrogen-bond donors (Lipinski definition) is 0. The van der Waals surface area contributed by atoms with Gasteiger partial charge in [-0.2, -0.15) is 0 Å². The Morgan fingerprint density at radius 3 is 1.92 bits per heavy atom. The maximum absolute atomic E-state index is 12.3. The second-order valence-electron chi connectivity index (χ2n) is 5.64. The second-order valence-corrected chi connectivity index (χ2v) is 5.64. The van der Waals surface area contributed by atoms with Gasteiger partial charge in [0, 0.05) is 0 Å². The van der Waals surface area contributed by atoms with Crippen LogP contribution in [0.4, 0.5) is 0 Å². The molecule has 1 aliphatic rings. The molecule has 5 heteroatoms. The van der Waals surface area contributed by atoms with Crippen molar-refractivity contribution in [1.82, 2.24) is 0 Å². The first-order valence-corrected chi connectivity index (χ1v) is 7.99. The van der Waals surface area contributed by atoms with Crippen LogP contribution in [0.25, 0.3) is 0 Å². The number of carbonyl (C=O) groups excluding carboxylic acids is 2. The van der Waals surface area contributed by atoms with E-state index in [1.54, 1.807) is 61.5 Å². The van der Waals surface area contributed by atoms with Crippen molar-refractivity contribution >= 4 is 11.9 Å². The normalized spacial score (nSPS) is 21.9. The smallest absolute Gasteiger partial charge is 0.338 e. The summed E-state index contributed by atoms with van der Waals surface area (Å²) in [5.74, 6) is -0.970. The predicted molar refractivity (Wildman–Crippen MR) is 91.0 cm³/mol. The first-order valence-electron chi connectivity index (χ1n) is 7.99. The molecule has 25 heavy (non-hydrogen) atoms. The summed E-state index contributed by atoms with van der Waals surface area (Å²) in [6, 6.07) is 17.3. The van der Waals surface area contributed by atoms with E-state index >= 15 is 0 Å². The van der Waals surface area contributed by atoms with Gasteiger partial charge in [-0.05, 0) is 37.3 Å². The van der Waals surface area contributed by atoms with Crippen LogP contribution in [0, 0.1) is 0 Å².